The Kier molecular flexibility index (Phi) is 2.65. The normalized spacial score (nSPS) is 24.6. The van der Waals surface area contributed by atoms with Crippen LogP contribution in [0.15, 0.2) is 0 Å². The lowest BCUT2D eigenvalue weighted by atomic mass is 9.86. The van der Waals surface area contributed by atoms with E-state index in [-0.39, 0.29) is 6.61 Å². The van der Waals surface area contributed by atoms with Crippen LogP contribution in [0.2, 0.25) is 0 Å². The fourth-order valence-electron chi connectivity index (χ4n) is 1.47. The van der Waals surface area contributed by atoms with Crippen LogP contribution in [0.3, 0.4) is 0 Å². The van der Waals surface area contributed by atoms with Crippen molar-refractivity contribution < 1.29 is 15.3 Å². The van der Waals surface area contributed by atoms with Crippen molar-refractivity contribution in [2.75, 3.05) is 6.61 Å². The van der Waals surface area contributed by atoms with Gasteiger partial charge in [0.1, 0.15) is 5.60 Å². The molecule has 60 valence electrons. The SMILES string of the molecule is OCC1(OO)CCCCC1. The van der Waals surface area contributed by atoms with Gasteiger partial charge in [-0.25, -0.2) is 4.89 Å². The van der Waals surface area contributed by atoms with Crippen LogP contribution in [-0.4, -0.2) is 22.6 Å². The van der Waals surface area contributed by atoms with Gasteiger partial charge in [-0.1, -0.05) is 19.3 Å². The van der Waals surface area contributed by atoms with Gasteiger partial charge in [-0.3, -0.25) is 5.26 Å². The molecule has 0 bridgehead atoms. The molecule has 3 nitrogen and oxygen atoms in total. The van der Waals surface area contributed by atoms with Gasteiger partial charge in [-0.2, -0.15) is 0 Å². The van der Waals surface area contributed by atoms with Crippen molar-refractivity contribution in [1.29, 1.82) is 0 Å². The summed E-state index contributed by atoms with van der Waals surface area (Å²) in [6, 6.07) is 0. The monoisotopic (exact) mass is 146 g/mol. The molecule has 2 N–H and O–H groups in total. The van der Waals surface area contributed by atoms with Gasteiger partial charge >= 0.3 is 0 Å². The molecule has 0 heterocycles. The van der Waals surface area contributed by atoms with Crippen LogP contribution >= 0.6 is 0 Å². The summed E-state index contributed by atoms with van der Waals surface area (Å²) in [5.74, 6) is 0. The summed E-state index contributed by atoms with van der Waals surface area (Å²) in [6.07, 6.45) is 4.83. The molecule has 1 fully saturated rings. The van der Waals surface area contributed by atoms with Gasteiger partial charge in [0, 0.05) is 0 Å². The zero-order valence-corrected chi connectivity index (χ0v) is 6.05. The third-order valence-electron chi connectivity index (χ3n) is 2.25. The third kappa shape index (κ3) is 1.48. The minimum Gasteiger partial charge on any atom is -0.393 e. The Balaban J connectivity index is 2.44. The molecule has 3 heteroatoms. The second-order valence-corrected chi connectivity index (χ2v) is 2.99. The molecule has 0 atom stereocenters. The van der Waals surface area contributed by atoms with Crippen molar-refractivity contribution >= 4 is 0 Å². The molecule has 1 aliphatic rings. The Morgan fingerprint density at radius 1 is 1.20 bits per heavy atom. The first-order chi connectivity index (χ1) is 4.83. The summed E-state index contributed by atoms with van der Waals surface area (Å²) in [6.45, 7) is -0.0660. The van der Waals surface area contributed by atoms with E-state index in [2.05, 4.69) is 4.89 Å². The zero-order chi connectivity index (χ0) is 7.45. The van der Waals surface area contributed by atoms with E-state index in [4.69, 9.17) is 10.4 Å². The summed E-state index contributed by atoms with van der Waals surface area (Å²) in [7, 11) is 0. The minimum absolute atomic E-state index is 0.0660. The lowest BCUT2D eigenvalue weighted by molar-refractivity contribution is -0.337. The number of hydrogen-bond donors (Lipinski definition) is 2. The maximum Gasteiger partial charge on any atom is 0.126 e. The Morgan fingerprint density at radius 2 is 1.80 bits per heavy atom. The van der Waals surface area contributed by atoms with Crippen molar-refractivity contribution in [3.8, 4) is 0 Å². The molecule has 0 saturated heterocycles. The zero-order valence-electron chi connectivity index (χ0n) is 6.05. The van der Waals surface area contributed by atoms with Crippen LogP contribution in [-0.2, 0) is 4.89 Å². The molecule has 1 aliphatic carbocycles. The molecular formula is C7H14O3. The Labute approximate surface area is 60.6 Å². The van der Waals surface area contributed by atoms with Gasteiger partial charge in [0.15, 0.2) is 0 Å². The second-order valence-electron chi connectivity index (χ2n) is 2.99. The largest absolute Gasteiger partial charge is 0.393 e. The maximum absolute atomic E-state index is 8.86. The maximum atomic E-state index is 8.86. The smallest absolute Gasteiger partial charge is 0.126 e. The Morgan fingerprint density at radius 3 is 2.10 bits per heavy atom. The molecular weight excluding hydrogens is 132 g/mol. The van der Waals surface area contributed by atoms with E-state index in [9.17, 15) is 0 Å². The van der Waals surface area contributed by atoms with Gasteiger partial charge in [-0.15, -0.1) is 0 Å². The second kappa shape index (κ2) is 3.32. The van der Waals surface area contributed by atoms with E-state index >= 15 is 0 Å². The van der Waals surface area contributed by atoms with E-state index < -0.39 is 5.60 Å². The molecule has 0 radical (unpaired) electrons. The van der Waals surface area contributed by atoms with Gasteiger partial charge in [0.05, 0.1) is 6.61 Å². The fraction of sp³-hybridized carbons (Fsp3) is 1.00. The van der Waals surface area contributed by atoms with E-state index in [1.165, 1.54) is 6.42 Å². The highest BCUT2D eigenvalue weighted by Gasteiger charge is 2.32. The standard InChI is InChI=1S/C7H14O3/c8-6-7(10-9)4-2-1-3-5-7/h8-9H,1-6H2. The molecule has 0 spiro atoms. The predicted octanol–water partition coefficient (Wildman–Crippen LogP) is 1.17. The van der Waals surface area contributed by atoms with Crippen LogP contribution < -0.4 is 0 Å². The van der Waals surface area contributed by atoms with Gasteiger partial charge < -0.3 is 5.11 Å². The summed E-state index contributed by atoms with van der Waals surface area (Å²) in [4.78, 5) is 4.28. The molecule has 0 unspecified atom stereocenters. The highest BCUT2D eigenvalue weighted by atomic mass is 17.1. The molecule has 0 aromatic rings. The first-order valence-electron chi connectivity index (χ1n) is 3.76. The van der Waals surface area contributed by atoms with E-state index in [0.717, 1.165) is 25.7 Å². The highest BCUT2D eigenvalue weighted by molar-refractivity contribution is 4.82. The number of aliphatic hydroxyl groups excluding tert-OH is 1. The number of aliphatic hydroxyl groups is 1. The first kappa shape index (κ1) is 7.98. The molecule has 0 aromatic carbocycles. The average Bonchev–Trinajstić information content (AvgIpc) is 2.06. The molecule has 10 heavy (non-hydrogen) atoms. The summed E-state index contributed by atoms with van der Waals surface area (Å²) >= 11 is 0. The van der Waals surface area contributed by atoms with E-state index in [1.807, 2.05) is 0 Å². The Hall–Kier alpha value is -0.120. The van der Waals surface area contributed by atoms with Crippen molar-refractivity contribution in [3.63, 3.8) is 0 Å². The van der Waals surface area contributed by atoms with E-state index in [1.54, 1.807) is 0 Å². The predicted molar refractivity (Wildman–Crippen MR) is 36.6 cm³/mol. The van der Waals surface area contributed by atoms with Crippen LogP contribution in [0.4, 0.5) is 0 Å². The molecule has 1 saturated carbocycles. The van der Waals surface area contributed by atoms with Crippen LogP contribution in [0.25, 0.3) is 0 Å². The third-order valence-corrected chi connectivity index (χ3v) is 2.25. The lowest BCUT2D eigenvalue weighted by Crippen LogP contribution is -2.37. The van der Waals surface area contributed by atoms with Gasteiger partial charge in [0.2, 0.25) is 0 Å². The summed E-state index contributed by atoms with van der Waals surface area (Å²) in [5, 5.41) is 17.3. The van der Waals surface area contributed by atoms with Crippen molar-refractivity contribution in [3.05, 3.63) is 0 Å². The topological polar surface area (TPSA) is 49.7 Å². The lowest BCUT2D eigenvalue weighted by Gasteiger charge is -2.31. The Bertz CT molecular complexity index is 91.0. The molecule has 0 aromatic heterocycles. The van der Waals surface area contributed by atoms with E-state index in [0.29, 0.717) is 0 Å². The number of hydrogen-bond acceptors (Lipinski definition) is 3. The molecule has 0 aliphatic heterocycles. The quantitative estimate of drug-likeness (QED) is 0.454. The van der Waals surface area contributed by atoms with Crippen molar-refractivity contribution in [2.24, 2.45) is 0 Å². The first-order valence-corrected chi connectivity index (χ1v) is 3.76. The fourth-order valence-corrected chi connectivity index (χ4v) is 1.47. The molecule has 0 amide bonds. The summed E-state index contributed by atoms with van der Waals surface area (Å²) < 4.78 is 0. The van der Waals surface area contributed by atoms with Crippen molar-refractivity contribution in [1.82, 2.24) is 0 Å². The summed E-state index contributed by atoms with van der Waals surface area (Å²) in [5.41, 5.74) is -0.627. The minimum atomic E-state index is -0.627. The average molecular weight is 146 g/mol. The van der Waals surface area contributed by atoms with Crippen LogP contribution in [0, 0.1) is 0 Å². The van der Waals surface area contributed by atoms with Crippen molar-refractivity contribution in [2.45, 2.75) is 37.7 Å². The van der Waals surface area contributed by atoms with Crippen LogP contribution in [0.5, 0.6) is 0 Å². The number of rotatable bonds is 2. The van der Waals surface area contributed by atoms with Crippen LogP contribution in [0.1, 0.15) is 32.1 Å². The highest BCUT2D eigenvalue weighted by Crippen LogP contribution is 2.30. The van der Waals surface area contributed by atoms with Gasteiger partial charge in [-0.05, 0) is 12.8 Å². The molecule has 1 rings (SSSR count). The van der Waals surface area contributed by atoms with Gasteiger partial charge in [0.25, 0.3) is 0 Å².